The van der Waals surface area contributed by atoms with Crippen molar-refractivity contribution >= 4 is 17.9 Å². The van der Waals surface area contributed by atoms with Gasteiger partial charge in [-0.25, -0.2) is 0 Å². The summed E-state index contributed by atoms with van der Waals surface area (Å²) in [4.78, 5) is 37.9. The molecule has 6 nitrogen and oxygen atoms in total. The summed E-state index contributed by atoms with van der Waals surface area (Å²) >= 11 is 0. The molecule has 63 heavy (non-hydrogen) atoms. The Kier molecular flexibility index (Phi) is 51.7. The molecule has 0 radical (unpaired) electrons. The van der Waals surface area contributed by atoms with Crippen molar-refractivity contribution in [1.82, 2.24) is 0 Å². The molecule has 0 saturated heterocycles. The maximum Gasteiger partial charge on any atom is 0.306 e. The molecule has 0 aliphatic carbocycles. The number of carbonyl (C=O) groups excluding carboxylic acids is 3. The zero-order valence-corrected chi connectivity index (χ0v) is 42.9. The number of hydrogen-bond donors (Lipinski definition) is 0. The Morgan fingerprint density at radius 2 is 0.429 bits per heavy atom. The van der Waals surface area contributed by atoms with Gasteiger partial charge in [-0.15, -0.1) is 0 Å². The second-order valence-electron chi connectivity index (χ2n) is 19.6. The van der Waals surface area contributed by atoms with Gasteiger partial charge in [0.25, 0.3) is 0 Å². The Morgan fingerprint density at radius 3 is 0.635 bits per heavy atom. The minimum absolute atomic E-state index is 0.0619. The van der Waals surface area contributed by atoms with Crippen molar-refractivity contribution in [1.29, 1.82) is 0 Å². The molecule has 0 heterocycles. The Hall–Kier alpha value is -1.59. The average Bonchev–Trinajstić information content (AvgIpc) is 3.28. The van der Waals surface area contributed by atoms with E-state index in [4.69, 9.17) is 14.2 Å². The molecule has 374 valence electrons. The third-order valence-electron chi connectivity index (χ3n) is 13.1. The second-order valence-corrected chi connectivity index (χ2v) is 19.6. The molecule has 0 bridgehead atoms. The van der Waals surface area contributed by atoms with Crippen LogP contribution >= 0.6 is 0 Å². The second kappa shape index (κ2) is 53.0. The molecule has 0 rings (SSSR count). The molecule has 0 aromatic carbocycles. The molecule has 0 aromatic heterocycles. The van der Waals surface area contributed by atoms with Crippen LogP contribution in [-0.4, -0.2) is 37.2 Å². The highest BCUT2D eigenvalue weighted by atomic mass is 16.6. The lowest BCUT2D eigenvalue weighted by Crippen LogP contribution is -2.30. The van der Waals surface area contributed by atoms with E-state index in [2.05, 4.69) is 20.8 Å². The first-order valence-electron chi connectivity index (χ1n) is 28.5. The number of hydrogen-bond acceptors (Lipinski definition) is 6. The Morgan fingerprint density at radius 1 is 0.254 bits per heavy atom. The predicted molar refractivity (Wildman–Crippen MR) is 270 cm³/mol. The molecule has 0 aliphatic rings. The normalized spacial score (nSPS) is 11.9. The van der Waals surface area contributed by atoms with E-state index in [0.717, 1.165) is 57.8 Å². The highest BCUT2D eigenvalue weighted by molar-refractivity contribution is 5.71. The fourth-order valence-electron chi connectivity index (χ4n) is 8.80. The van der Waals surface area contributed by atoms with E-state index in [1.54, 1.807) is 0 Å². The summed E-state index contributed by atoms with van der Waals surface area (Å²) < 4.78 is 16.8. The first kappa shape index (κ1) is 61.4. The van der Waals surface area contributed by atoms with Crippen molar-refractivity contribution in [3.05, 3.63) is 0 Å². The molecular formula is C57H110O6. The van der Waals surface area contributed by atoms with Gasteiger partial charge in [0.05, 0.1) is 0 Å². The third-order valence-corrected chi connectivity index (χ3v) is 13.1. The fraction of sp³-hybridized carbons (Fsp3) is 0.947. The molecule has 0 aliphatic heterocycles. The average molecular weight is 892 g/mol. The molecule has 0 amide bonds. The predicted octanol–water partition coefficient (Wildman–Crippen LogP) is 18.8. The summed E-state index contributed by atoms with van der Waals surface area (Å²) in [6.07, 6.45) is 58.3. The van der Waals surface area contributed by atoms with Gasteiger partial charge in [-0.2, -0.15) is 0 Å². The van der Waals surface area contributed by atoms with E-state index in [1.165, 1.54) is 231 Å². The van der Waals surface area contributed by atoms with Crippen LogP contribution in [0.25, 0.3) is 0 Å². The number of carbonyl (C=O) groups is 3. The van der Waals surface area contributed by atoms with E-state index in [1.807, 2.05) is 0 Å². The summed E-state index contributed by atoms with van der Waals surface area (Å²) in [5.41, 5.74) is 0. The molecule has 1 atom stereocenters. The zero-order valence-electron chi connectivity index (χ0n) is 42.9. The van der Waals surface area contributed by atoms with Crippen LogP contribution in [0, 0.1) is 0 Å². The first-order valence-corrected chi connectivity index (χ1v) is 28.5. The highest BCUT2D eigenvalue weighted by Crippen LogP contribution is 2.18. The van der Waals surface area contributed by atoms with E-state index in [0.29, 0.717) is 19.3 Å². The molecule has 0 fully saturated rings. The molecular weight excluding hydrogens is 781 g/mol. The van der Waals surface area contributed by atoms with Crippen LogP contribution < -0.4 is 0 Å². The van der Waals surface area contributed by atoms with E-state index in [-0.39, 0.29) is 31.1 Å². The van der Waals surface area contributed by atoms with Crippen LogP contribution in [0.4, 0.5) is 0 Å². The number of rotatable bonds is 53. The topological polar surface area (TPSA) is 78.9 Å². The van der Waals surface area contributed by atoms with Gasteiger partial charge in [0.2, 0.25) is 0 Å². The van der Waals surface area contributed by atoms with Crippen molar-refractivity contribution in [3.63, 3.8) is 0 Å². The van der Waals surface area contributed by atoms with Gasteiger partial charge in [0, 0.05) is 19.3 Å². The summed E-state index contributed by atoms with van der Waals surface area (Å²) in [7, 11) is 0. The minimum atomic E-state index is -0.759. The number of esters is 3. The summed E-state index contributed by atoms with van der Waals surface area (Å²) in [6, 6.07) is 0. The molecule has 0 spiro atoms. The van der Waals surface area contributed by atoms with Crippen molar-refractivity contribution in [3.8, 4) is 0 Å². The minimum Gasteiger partial charge on any atom is -0.462 e. The van der Waals surface area contributed by atoms with Crippen LogP contribution in [0.5, 0.6) is 0 Å². The van der Waals surface area contributed by atoms with Crippen LogP contribution in [0.2, 0.25) is 0 Å². The van der Waals surface area contributed by atoms with Gasteiger partial charge in [-0.1, -0.05) is 290 Å². The van der Waals surface area contributed by atoms with Crippen LogP contribution in [0.1, 0.15) is 329 Å². The summed E-state index contributed by atoms with van der Waals surface area (Å²) in [6.45, 7) is 6.66. The van der Waals surface area contributed by atoms with E-state index in [9.17, 15) is 14.4 Å². The van der Waals surface area contributed by atoms with E-state index < -0.39 is 6.10 Å². The van der Waals surface area contributed by atoms with Crippen molar-refractivity contribution in [2.75, 3.05) is 13.2 Å². The smallest absolute Gasteiger partial charge is 0.306 e. The quantitative estimate of drug-likeness (QED) is 0.0344. The van der Waals surface area contributed by atoms with Crippen LogP contribution in [-0.2, 0) is 28.6 Å². The lowest BCUT2D eigenvalue weighted by molar-refractivity contribution is -0.167. The zero-order chi connectivity index (χ0) is 45.8. The summed E-state index contributed by atoms with van der Waals surface area (Å²) in [5.74, 6) is -0.843. The lowest BCUT2D eigenvalue weighted by atomic mass is 10.0. The van der Waals surface area contributed by atoms with Crippen LogP contribution in [0.3, 0.4) is 0 Å². The molecule has 0 aromatic rings. The van der Waals surface area contributed by atoms with Gasteiger partial charge in [0.15, 0.2) is 6.10 Å². The highest BCUT2D eigenvalue weighted by Gasteiger charge is 2.19. The maximum absolute atomic E-state index is 12.8. The molecule has 0 saturated carbocycles. The van der Waals surface area contributed by atoms with Crippen molar-refractivity contribution in [2.24, 2.45) is 0 Å². The van der Waals surface area contributed by atoms with Gasteiger partial charge >= 0.3 is 17.9 Å². The first-order chi connectivity index (χ1) is 31.0. The van der Waals surface area contributed by atoms with Crippen molar-refractivity contribution in [2.45, 2.75) is 335 Å². The Bertz CT molecular complexity index is 936. The SMILES string of the molecule is CCCCCCCCCCCCCCCCCCCCCCC(=O)OCC(COC(=O)CCCCCCCCC)OC(=O)CCCCCCCCCCCCCCCCCCCC. The summed E-state index contributed by atoms with van der Waals surface area (Å²) in [5, 5.41) is 0. The lowest BCUT2D eigenvalue weighted by Gasteiger charge is -2.18. The van der Waals surface area contributed by atoms with Crippen LogP contribution in [0.15, 0.2) is 0 Å². The fourth-order valence-corrected chi connectivity index (χ4v) is 8.80. The van der Waals surface area contributed by atoms with E-state index >= 15 is 0 Å². The largest absolute Gasteiger partial charge is 0.462 e. The molecule has 6 heteroatoms. The monoisotopic (exact) mass is 891 g/mol. The van der Waals surface area contributed by atoms with Crippen molar-refractivity contribution < 1.29 is 28.6 Å². The Labute approximate surface area is 393 Å². The number of unbranched alkanes of at least 4 members (excludes halogenated alkanes) is 42. The van der Waals surface area contributed by atoms with Gasteiger partial charge < -0.3 is 14.2 Å². The van der Waals surface area contributed by atoms with Gasteiger partial charge in [-0.3, -0.25) is 14.4 Å². The van der Waals surface area contributed by atoms with Gasteiger partial charge in [-0.05, 0) is 19.3 Å². The third kappa shape index (κ3) is 51.3. The maximum atomic E-state index is 12.8. The Balaban J connectivity index is 4.12. The molecule has 1 unspecified atom stereocenters. The standard InChI is InChI=1S/C57H110O6/c1-4-7-10-13-16-18-20-22-24-26-28-29-31-32-34-36-38-41-44-47-50-56(59)62-53-54(52-61-55(58)49-46-43-40-15-12-9-6-3)63-57(60)51-48-45-42-39-37-35-33-30-27-25-23-21-19-17-14-11-8-5-2/h54H,4-53H2,1-3H3. The molecule has 0 N–H and O–H groups in total. The number of ether oxygens (including phenoxy) is 3. The van der Waals surface area contributed by atoms with Gasteiger partial charge in [0.1, 0.15) is 13.2 Å².